The molecule has 0 bridgehead atoms. The molecule has 5 nitrogen and oxygen atoms in total. The Bertz CT molecular complexity index is 674. The zero-order chi connectivity index (χ0) is 15.4. The van der Waals surface area contributed by atoms with Gasteiger partial charge in [-0.05, 0) is 36.4 Å². The average Bonchev–Trinajstić information content (AvgIpc) is 2.48. The highest BCUT2D eigenvalue weighted by Crippen LogP contribution is 2.32. The van der Waals surface area contributed by atoms with E-state index in [9.17, 15) is 4.79 Å². The van der Waals surface area contributed by atoms with Crippen LogP contribution in [0.2, 0.25) is 5.02 Å². The van der Waals surface area contributed by atoms with Crippen LogP contribution in [0.4, 0.5) is 17.1 Å². The quantitative estimate of drug-likeness (QED) is 0.759. The van der Waals surface area contributed by atoms with Gasteiger partial charge < -0.3 is 21.1 Å². The number of nitrogens with one attached hydrogen (secondary N) is 2. The molecule has 2 aromatic rings. The Morgan fingerprint density at radius 3 is 2.57 bits per heavy atom. The number of halogens is 1. The van der Waals surface area contributed by atoms with Crippen LogP contribution in [0.1, 0.15) is 10.4 Å². The van der Waals surface area contributed by atoms with E-state index >= 15 is 0 Å². The molecule has 0 aliphatic heterocycles. The van der Waals surface area contributed by atoms with Crippen molar-refractivity contribution in [2.45, 2.75) is 0 Å². The van der Waals surface area contributed by atoms with Gasteiger partial charge in [0, 0.05) is 17.6 Å². The summed E-state index contributed by atoms with van der Waals surface area (Å²) in [5.41, 5.74) is 8.30. The molecule has 0 aliphatic rings. The van der Waals surface area contributed by atoms with Gasteiger partial charge in [-0.2, -0.15) is 0 Å². The summed E-state index contributed by atoms with van der Waals surface area (Å²) in [7, 11) is 3.15. The smallest absolute Gasteiger partial charge is 0.251 e. The first-order valence-corrected chi connectivity index (χ1v) is 6.65. The van der Waals surface area contributed by atoms with Gasteiger partial charge in [-0.15, -0.1) is 0 Å². The third-order valence-electron chi connectivity index (χ3n) is 2.97. The largest absolute Gasteiger partial charge is 0.495 e. The van der Waals surface area contributed by atoms with Crippen molar-refractivity contribution >= 4 is 34.6 Å². The first kappa shape index (κ1) is 15.0. The molecule has 2 aromatic carbocycles. The Hall–Kier alpha value is -2.40. The van der Waals surface area contributed by atoms with Crippen LogP contribution >= 0.6 is 11.6 Å². The Labute approximate surface area is 128 Å². The number of carbonyl (C=O) groups excluding carboxylic acids is 1. The second-order valence-electron chi connectivity index (χ2n) is 4.35. The molecule has 0 saturated carbocycles. The SMILES string of the molecule is CNC(=O)c1ccc(Nc2cc(Cl)ccc2OC)c(N)c1. The van der Waals surface area contributed by atoms with E-state index in [4.69, 9.17) is 22.1 Å². The van der Waals surface area contributed by atoms with Crippen molar-refractivity contribution in [1.29, 1.82) is 0 Å². The highest BCUT2D eigenvalue weighted by atomic mass is 35.5. The summed E-state index contributed by atoms with van der Waals surface area (Å²) in [5, 5.41) is 6.28. The third kappa shape index (κ3) is 3.38. The van der Waals surface area contributed by atoms with Crippen molar-refractivity contribution in [3.05, 3.63) is 47.0 Å². The summed E-state index contributed by atoms with van der Waals surface area (Å²) < 4.78 is 5.27. The minimum absolute atomic E-state index is 0.186. The predicted molar refractivity (Wildman–Crippen MR) is 85.5 cm³/mol. The summed E-state index contributed by atoms with van der Waals surface area (Å²) in [6.45, 7) is 0. The van der Waals surface area contributed by atoms with Crippen LogP contribution in [0, 0.1) is 0 Å². The van der Waals surface area contributed by atoms with Gasteiger partial charge in [0.2, 0.25) is 0 Å². The molecule has 0 spiro atoms. The number of ether oxygens (including phenoxy) is 1. The zero-order valence-electron chi connectivity index (χ0n) is 11.7. The summed E-state index contributed by atoms with van der Waals surface area (Å²) in [4.78, 5) is 11.6. The first-order valence-electron chi connectivity index (χ1n) is 6.27. The number of hydrogen-bond donors (Lipinski definition) is 3. The summed E-state index contributed by atoms with van der Waals surface area (Å²) in [5.74, 6) is 0.461. The lowest BCUT2D eigenvalue weighted by molar-refractivity contribution is 0.0963. The molecule has 0 aromatic heterocycles. The number of methoxy groups -OCH3 is 1. The van der Waals surface area contributed by atoms with Gasteiger partial charge in [-0.25, -0.2) is 0 Å². The summed E-state index contributed by atoms with van der Waals surface area (Å²) in [6.07, 6.45) is 0. The number of rotatable bonds is 4. The van der Waals surface area contributed by atoms with Gasteiger partial charge in [0.05, 0.1) is 24.2 Å². The molecule has 4 N–H and O–H groups in total. The molecule has 2 rings (SSSR count). The van der Waals surface area contributed by atoms with Crippen LogP contribution < -0.4 is 21.1 Å². The van der Waals surface area contributed by atoms with E-state index in [1.165, 1.54) is 0 Å². The van der Waals surface area contributed by atoms with Crippen LogP contribution in [0.3, 0.4) is 0 Å². The molecule has 0 saturated heterocycles. The molecule has 0 aliphatic carbocycles. The van der Waals surface area contributed by atoms with Gasteiger partial charge in [0.1, 0.15) is 5.75 Å². The van der Waals surface area contributed by atoms with Crippen molar-refractivity contribution in [3.63, 3.8) is 0 Å². The van der Waals surface area contributed by atoms with E-state index in [0.717, 1.165) is 0 Å². The highest BCUT2D eigenvalue weighted by molar-refractivity contribution is 6.31. The Kier molecular flexibility index (Phi) is 4.55. The molecule has 21 heavy (non-hydrogen) atoms. The Morgan fingerprint density at radius 2 is 1.95 bits per heavy atom. The number of carbonyl (C=O) groups is 1. The third-order valence-corrected chi connectivity index (χ3v) is 3.21. The summed E-state index contributed by atoms with van der Waals surface area (Å²) >= 11 is 5.99. The van der Waals surface area contributed by atoms with Gasteiger partial charge >= 0.3 is 0 Å². The van der Waals surface area contributed by atoms with E-state index in [2.05, 4.69) is 10.6 Å². The van der Waals surface area contributed by atoms with Gasteiger partial charge in [0.25, 0.3) is 5.91 Å². The molecule has 110 valence electrons. The maximum atomic E-state index is 11.6. The van der Waals surface area contributed by atoms with Crippen LogP contribution in [0.15, 0.2) is 36.4 Å². The number of amides is 1. The van der Waals surface area contributed by atoms with E-state index in [1.807, 2.05) is 0 Å². The van der Waals surface area contributed by atoms with Crippen molar-refractivity contribution < 1.29 is 9.53 Å². The lowest BCUT2D eigenvalue weighted by Gasteiger charge is -2.14. The fourth-order valence-corrected chi connectivity index (χ4v) is 2.06. The second kappa shape index (κ2) is 6.37. The topological polar surface area (TPSA) is 76.4 Å². The van der Waals surface area contributed by atoms with Crippen molar-refractivity contribution in [1.82, 2.24) is 5.32 Å². The summed E-state index contributed by atoms with van der Waals surface area (Å²) in [6, 6.07) is 10.3. The van der Waals surface area contributed by atoms with Gasteiger partial charge in [-0.1, -0.05) is 11.6 Å². The molecule has 0 radical (unpaired) electrons. The van der Waals surface area contributed by atoms with E-state index in [1.54, 1.807) is 50.6 Å². The Morgan fingerprint density at radius 1 is 1.19 bits per heavy atom. The van der Waals surface area contributed by atoms with Crippen molar-refractivity contribution in [2.75, 3.05) is 25.2 Å². The molecule has 6 heteroatoms. The van der Waals surface area contributed by atoms with Gasteiger partial charge in [0.15, 0.2) is 0 Å². The Balaban J connectivity index is 2.32. The minimum Gasteiger partial charge on any atom is -0.495 e. The fourth-order valence-electron chi connectivity index (χ4n) is 1.89. The minimum atomic E-state index is -0.186. The average molecular weight is 306 g/mol. The lowest BCUT2D eigenvalue weighted by Crippen LogP contribution is -2.18. The van der Waals surface area contributed by atoms with Crippen molar-refractivity contribution in [2.24, 2.45) is 0 Å². The monoisotopic (exact) mass is 305 g/mol. The van der Waals surface area contributed by atoms with Crippen LogP contribution in [0.25, 0.3) is 0 Å². The first-order chi connectivity index (χ1) is 10.0. The number of nitrogen functional groups attached to an aromatic ring is 1. The standard InChI is InChI=1S/C15H16ClN3O2/c1-18-15(20)9-3-5-12(11(17)7-9)19-13-8-10(16)4-6-14(13)21-2/h3-8,19H,17H2,1-2H3,(H,18,20). The number of benzene rings is 2. The highest BCUT2D eigenvalue weighted by Gasteiger charge is 2.09. The molecule has 0 heterocycles. The maximum absolute atomic E-state index is 11.6. The molecular formula is C15H16ClN3O2. The van der Waals surface area contributed by atoms with E-state index in [-0.39, 0.29) is 5.91 Å². The molecule has 0 fully saturated rings. The van der Waals surface area contributed by atoms with Gasteiger partial charge in [-0.3, -0.25) is 4.79 Å². The zero-order valence-corrected chi connectivity index (χ0v) is 12.5. The van der Waals surface area contributed by atoms with E-state index in [0.29, 0.717) is 33.4 Å². The predicted octanol–water partition coefficient (Wildman–Crippen LogP) is 3.03. The van der Waals surface area contributed by atoms with E-state index < -0.39 is 0 Å². The normalized spacial score (nSPS) is 10.0. The number of anilines is 3. The fraction of sp³-hybridized carbons (Fsp3) is 0.133. The second-order valence-corrected chi connectivity index (χ2v) is 4.79. The van der Waals surface area contributed by atoms with Crippen LogP contribution in [-0.2, 0) is 0 Å². The number of nitrogens with two attached hydrogens (primary N) is 1. The lowest BCUT2D eigenvalue weighted by atomic mass is 10.1. The molecule has 1 amide bonds. The molecular weight excluding hydrogens is 290 g/mol. The maximum Gasteiger partial charge on any atom is 0.251 e. The molecule has 0 atom stereocenters. The van der Waals surface area contributed by atoms with Crippen molar-refractivity contribution in [3.8, 4) is 5.75 Å². The number of hydrogen-bond acceptors (Lipinski definition) is 4. The van der Waals surface area contributed by atoms with Crippen LogP contribution in [0.5, 0.6) is 5.75 Å². The molecule has 0 unspecified atom stereocenters. The van der Waals surface area contributed by atoms with Crippen LogP contribution in [-0.4, -0.2) is 20.1 Å².